The van der Waals surface area contributed by atoms with Gasteiger partial charge in [0.05, 0.1) is 6.54 Å². The van der Waals surface area contributed by atoms with Gasteiger partial charge in [-0.1, -0.05) is 5.92 Å². The second kappa shape index (κ2) is 9.72. The van der Waals surface area contributed by atoms with Gasteiger partial charge in [-0.15, -0.1) is 6.42 Å². The van der Waals surface area contributed by atoms with Crippen LogP contribution in [-0.2, 0) is 14.2 Å². The first kappa shape index (κ1) is 24.1. The lowest BCUT2D eigenvalue weighted by atomic mass is 10.1. The van der Waals surface area contributed by atoms with E-state index in [9.17, 15) is 18.4 Å². The molecular formula is C18H29F2NO5. The van der Waals surface area contributed by atoms with Crippen LogP contribution in [-0.4, -0.2) is 54.0 Å². The number of terminal acetylenes is 1. The molecule has 8 heteroatoms. The number of imide groups is 1. The summed E-state index contributed by atoms with van der Waals surface area (Å²) in [5.74, 6) is -1.10. The Bertz CT molecular complexity index is 487. The van der Waals surface area contributed by atoms with Gasteiger partial charge in [0, 0.05) is 13.0 Å². The van der Waals surface area contributed by atoms with E-state index in [1.165, 1.54) is 0 Å². The van der Waals surface area contributed by atoms with Gasteiger partial charge in [0.15, 0.2) is 0 Å². The van der Waals surface area contributed by atoms with Gasteiger partial charge >= 0.3 is 12.2 Å². The van der Waals surface area contributed by atoms with Crippen LogP contribution in [0.3, 0.4) is 0 Å². The summed E-state index contributed by atoms with van der Waals surface area (Å²) < 4.78 is 43.5. The van der Waals surface area contributed by atoms with Crippen molar-refractivity contribution in [3.8, 4) is 12.3 Å². The highest BCUT2D eigenvalue weighted by Crippen LogP contribution is 2.24. The third kappa shape index (κ3) is 11.6. The SMILES string of the molecule is C#CCOCCCC(F)(F)CN(C(=O)OC(C)(C)C)C(=O)OC(C)(C)C. The molecule has 0 heterocycles. The molecule has 0 N–H and O–H groups in total. The van der Waals surface area contributed by atoms with Crippen LogP contribution < -0.4 is 0 Å². The zero-order valence-corrected chi connectivity index (χ0v) is 16.4. The second-order valence-corrected chi connectivity index (χ2v) is 7.76. The van der Waals surface area contributed by atoms with Gasteiger partial charge in [-0.3, -0.25) is 0 Å². The Balaban J connectivity index is 5.06. The standard InChI is InChI=1S/C18H29F2NO5/c1-8-11-24-12-9-10-18(19,20)13-21(14(22)25-16(2,3)4)15(23)26-17(5,6)7/h1H,9-13H2,2-7H3. The first-order valence-electron chi connectivity index (χ1n) is 8.29. The molecule has 0 aromatic heterocycles. The van der Waals surface area contributed by atoms with Crippen molar-refractivity contribution in [2.45, 2.75) is 71.5 Å². The van der Waals surface area contributed by atoms with Gasteiger partial charge in [0.25, 0.3) is 5.92 Å². The van der Waals surface area contributed by atoms with Crippen molar-refractivity contribution < 1.29 is 32.6 Å². The van der Waals surface area contributed by atoms with Gasteiger partial charge in [0.2, 0.25) is 0 Å². The van der Waals surface area contributed by atoms with Crippen molar-refractivity contribution >= 4 is 12.2 Å². The molecule has 0 rings (SSSR count). The van der Waals surface area contributed by atoms with Crippen LogP contribution in [0.15, 0.2) is 0 Å². The average Bonchev–Trinajstić information content (AvgIpc) is 2.40. The van der Waals surface area contributed by atoms with E-state index in [1.54, 1.807) is 41.5 Å². The topological polar surface area (TPSA) is 65.1 Å². The van der Waals surface area contributed by atoms with E-state index in [0.29, 0.717) is 4.90 Å². The molecule has 0 saturated carbocycles. The maximum atomic E-state index is 14.2. The fourth-order valence-electron chi connectivity index (χ4n) is 1.71. The van der Waals surface area contributed by atoms with Gasteiger partial charge in [-0.05, 0) is 48.0 Å². The smallest absolute Gasteiger partial charge is 0.420 e. The second-order valence-electron chi connectivity index (χ2n) is 7.76. The molecule has 0 spiro atoms. The van der Waals surface area contributed by atoms with Gasteiger partial charge in [0.1, 0.15) is 17.8 Å². The van der Waals surface area contributed by atoms with Crippen LogP contribution in [0.5, 0.6) is 0 Å². The molecule has 2 amide bonds. The van der Waals surface area contributed by atoms with Crippen LogP contribution in [0.1, 0.15) is 54.4 Å². The predicted octanol–water partition coefficient (Wildman–Crippen LogP) is 4.22. The maximum absolute atomic E-state index is 14.2. The van der Waals surface area contributed by atoms with Crippen LogP contribution in [0.4, 0.5) is 18.4 Å². The average molecular weight is 377 g/mol. The van der Waals surface area contributed by atoms with Crippen molar-refractivity contribution in [3.63, 3.8) is 0 Å². The van der Waals surface area contributed by atoms with Crippen LogP contribution in [0, 0.1) is 12.3 Å². The molecule has 0 aliphatic carbocycles. The Labute approximate surface area is 154 Å². The number of rotatable bonds is 7. The van der Waals surface area contributed by atoms with Gasteiger partial charge in [-0.2, -0.15) is 0 Å². The minimum Gasteiger partial charge on any atom is -0.443 e. The molecule has 0 saturated heterocycles. The number of hydrogen-bond donors (Lipinski definition) is 0. The fraction of sp³-hybridized carbons (Fsp3) is 0.778. The molecule has 0 bridgehead atoms. The van der Waals surface area contributed by atoms with E-state index in [-0.39, 0.29) is 19.6 Å². The summed E-state index contributed by atoms with van der Waals surface area (Å²) in [7, 11) is 0. The molecule has 0 aliphatic rings. The molecule has 0 radical (unpaired) electrons. The number of ether oxygens (including phenoxy) is 3. The third-order valence-corrected chi connectivity index (χ3v) is 2.63. The Kier molecular flexibility index (Phi) is 9.01. The number of nitrogens with zero attached hydrogens (tertiary/aromatic N) is 1. The van der Waals surface area contributed by atoms with E-state index in [0.717, 1.165) is 0 Å². The van der Waals surface area contributed by atoms with Crippen LogP contribution in [0.2, 0.25) is 0 Å². The summed E-state index contributed by atoms with van der Waals surface area (Å²) in [6.45, 7) is 8.35. The summed E-state index contributed by atoms with van der Waals surface area (Å²) in [5.41, 5.74) is -1.90. The van der Waals surface area contributed by atoms with Gasteiger partial charge < -0.3 is 14.2 Å². The summed E-state index contributed by atoms with van der Waals surface area (Å²) in [6.07, 6.45) is 2.06. The Morgan fingerprint density at radius 2 is 1.46 bits per heavy atom. The number of amides is 2. The Morgan fingerprint density at radius 1 is 1.00 bits per heavy atom. The van der Waals surface area contributed by atoms with E-state index in [4.69, 9.17) is 20.6 Å². The maximum Gasteiger partial charge on any atom is 0.420 e. The lowest BCUT2D eigenvalue weighted by molar-refractivity contribution is -0.0570. The molecule has 0 fully saturated rings. The number of carbonyl (C=O) groups is 2. The van der Waals surface area contributed by atoms with Crippen molar-refractivity contribution in [2.75, 3.05) is 19.8 Å². The number of halogens is 2. The molecular weight excluding hydrogens is 348 g/mol. The number of alkyl halides is 2. The lowest BCUT2D eigenvalue weighted by Crippen LogP contribution is -2.48. The molecule has 0 unspecified atom stereocenters. The normalized spacial score (nSPS) is 12.3. The monoisotopic (exact) mass is 377 g/mol. The molecule has 0 aromatic rings. The molecule has 26 heavy (non-hydrogen) atoms. The molecule has 150 valence electrons. The highest BCUT2D eigenvalue weighted by molar-refractivity contribution is 5.88. The largest absolute Gasteiger partial charge is 0.443 e. The zero-order valence-electron chi connectivity index (χ0n) is 16.4. The number of hydrogen-bond acceptors (Lipinski definition) is 5. The molecule has 6 nitrogen and oxygen atoms in total. The van der Waals surface area contributed by atoms with Crippen molar-refractivity contribution in [3.05, 3.63) is 0 Å². The van der Waals surface area contributed by atoms with Crippen LogP contribution >= 0.6 is 0 Å². The first-order chi connectivity index (χ1) is 11.7. The molecule has 0 aromatic carbocycles. The van der Waals surface area contributed by atoms with E-state index >= 15 is 0 Å². The zero-order chi connectivity index (χ0) is 20.6. The fourth-order valence-corrected chi connectivity index (χ4v) is 1.71. The highest BCUT2D eigenvalue weighted by Gasteiger charge is 2.40. The third-order valence-electron chi connectivity index (χ3n) is 2.63. The predicted molar refractivity (Wildman–Crippen MR) is 93.0 cm³/mol. The lowest BCUT2D eigenvalue weighted by Gasteiger charge is -2.30. The van der Waals surface area contributed by atoms with Crippen molar-refractivity contribution in [1.82, 2.24) is 4.90 Å². The quantitative estimate of drug-likeness (QED) is 0.491. The van der Waals surface area contributed by atoms with Crippen molar-refractivity contribution in [1.29, 1.82) is 0 Å². The minimum atomic E-state index is -3.33. The summed E-state index contributed by atoms with van der Waals surface area (Å²) >= 11 is 0. The Hall–Kier alpha value is -1.88. The number of carbonyl (C=O) groups excluding carboxylic acids is 2. The van der Waals surface area contributed by atoms with Crippen molar-refractivity contribution in [2.24, 2.45) is 0 Å². The molecule has 0 atom stereocenters. The first-order valence-corrected chi connectivity index (χ1v) is 8.29. The van der Waals surface area contributed by atoms with Crippen LogP contribution in [0.25, 0.3) is 0 Å². The van der Waals surface area contributed by atoms with E-state index in [2.05, 4.69) is 5.92 Å². The summed E-state index contributed by atoms with van der Waals surface area (Å²) in [4.78, 5) is 24.7. The highest BCUT2D eigenvalue weighted by atomic mass is 19.3. The summed E-state index contributed by atoms with van der Waals surface area (Å²) in [5, 5.41) is 0. The van der Waals surface area contributed by atoms with Gasteiger partial charge in [-0.25, -0.2) is 23.3 Å². The van der Waals surface area contributed by atoms with E-state index in [1.807, 2.05) is 0 Å². The molecule has 0 aliphatic heterocycles. The Morgan fingerprint density at radius 3 is 1.85 bits per heavy atom. The summed E-state index contributed by atoms with van der Waals surface area (Å²) in [6, 6.07) is 0. The minimum absolute atomic E-state index is 0.0190. The van der Waals surface area contributed by atoms with E-state index < -0.39 is 42.3 Å².